The normalized spacial score (nSPS) is 18.2. The van der Waals surface area contributed by atoms with Crippen LogP contribution < -0.4 is 11.2 Å². The number of hydrogen-bond acceptors (Lipinski definition) is 5. The molecular formula is C12H11N3O2S. The van der Waals surface area contributed by atoms with Crippen LogP contribution in [0.2, 0.25) is 0 Å². The molecule has 0 fully saturated rings. The number of carbonyl (C=O) groups is 1. The minimum absolute atomic E-state index is 0.0236. The number of amides is 1. The average Bonchev–Trinajstić information content (AvgIpc) is 2.97. The van der Waals surface area contributed by atoms with Gasteiger partial charge in [0, 0.05) is 11.6 Å². The SMILES string of the molecule is Cc1c(C(N)=O)sc2nccc(C3C=CON3)c12. The lowest BCUT2D eigenvalue weighted by Gasteiger charge is -2.09. The van der Waals surface area contributed by atoms with Gasteiger partial charge in [0.1, 0.15) is 11.1 Å². The molecule has 2 aromatic rings. The third kappa shape index (κ3) is 1.58. The Morgan fingerprint density at radius 3 is 3.11 bits per heavy atom. The molecule has 0 aliphatic carbocycles. The smallest absolute Gasteiger partial charge is 0.259 e. The minimum atomic E-state index is -0.410. The van der Waals surface area contributed by atoms with Crippen LogP contribution in [0.25, 0.3) is 10.2 Å². The van der Waals surface area contributed by atoms with Crippen molar-refractivity contribution in [2.75, 3.05) is 0 Å². The second-order valence-electron chi connectivity index (χ2n) is 4.04. The number of nitrogens with zero attached hydrogens (tertiary/aromatic N) is 1. The molecule has 0 radical (unpaired) electrons. The van der Waals surface area contributed by atoms with E-state index in [2.05, 4.69) is 10.5 Å². The number of fused-ring (bicyclic) bond motifs is 1. The van der Waals surface area contributed by atoms with Crippen LogP contribution in [0, 0.1) is 6.92 Å². The average molecular weight is 261 g/mol. The van der Waals surface area contributed by atoms with Gasteiger partial charge in [-0.1, -0.05) is 0 Å². The summed E-state index contributed by atoms with van der Waals surface area (Å²) >= 11 is 1.33. The summed E-state index contributed by atoms with van der Waals surface area (Å²) in [5.41, 5.74) is 10.2. The number of nitrogens with two attached hydrogens (primary N) is 1. The molecule has 0 spiro atoms. The molecular weight excluding hydrogens is 250 g/mol. The van der Waals surface area contributed by atoms with Gasteiger partial charge in [0.05, 0.1) is 10.9 Å². The number of hydroxylamine groups is 1. The van der Waals surface area contributed by atoms with Gasteiger partial charge in [-0.15, -0.1) is 16.8 Å². The summed E-state index contributed by atoms with van der Waals surface area (Å²) in [5, 5.41) is 0.976. The molecule has 1 atom stereocenters. The number of nitrogens with one attached hydrogen (secondary N) is 1. The Kier molecular flexibility index (Phi) is 2.53. The van der Waals surface area contributed by atoms with Crippen molar-refractivity contribution in [2.45, 2.75) is 13.0 Å². The van der Waals surface area contributed by atoms with Crippen LogP contribution in [0.3, 0.4) is 0 Å². The van der Waals surface area contributed by atoms with Crippen LogP contribution in [0.1, 0.15) is 26.8 Å². The lowest BCUT2D eigenvalue weighted by Crippen LogP contribution is -2.13. The fourth-order valence-corrected chi connectivity index (χ4v) is 3.16. The molecule has 0 bridgehead atoms. The number of aromatic nitrogens is 1. The number of thiophene rings is 1. The molecule has 18 heavy (non-hydrogen) atoms. The summed E-state index contributed by atoms with van der Waals surface area (Å²) in [6.45, 7) is 1.89. The van der Waals surface area contributed by atoms with E-state index in [4.69, 9.17) is 10.6 Å². The van der Waals surface area contributed by atoms with Crippen LogP contribution in [-0.4, -0.2) is 10.9 Å². The summed E-state index contributed by atoms with van der Waals surface area (Å²) in [4.78, 5) is 22.1. The van der Waals surface area contributed by atoms with E-state index in [-0.39, 0.29) is 6.04 Å². The van der Waals surface area contributed by atoms with E-state index in [0.29, 0.717) is 4.88 Å². The van der Waals surface area contributed by atoms with E-state index in [0.717, 1.165) is 21.3 Å². The standard InChI is InChI=1S/C12H11N3O2S/c1-6-9-7(8-3-5-17-15-8)2-4-14-12(9)18-10(6)11(13)16/h2-5,8,15H,1H3,(H2,13,16). The molecule has 0 saturated carbocycles. The Labute approximate surface area is 107 Å². The highest BCUT2D eigenvalue weighted by Crippen LogP contribution is 2.35. The third-order valence-electron chi connectivity index (χ3n) is 2.96. The van der Waals surface area contributed by atoms with Gasteiger partial charge in [0.25, 0.3) is 5.91 Å². The topological polar surface area (TPSA) is 77.2 Å². The summed E-state index contributed by atoms with van der Waals surface area (Å²) in [5.74, 6) is -0.410. The molecule has 5 nitrogen and oxygen atoms in total. The third-order valence-corrected chi connectivity index (χ3v) is 4.17. The number of carbonyl (C=O) groups excluding carboxylic acids is 1. The van der Waals surface area contributed by atoms with Crippen LogP contribution in [0.5, 0.6) is 0 Å². The van der Waals surface area contributed by atoms with E-state index in [1.807, 2.05) is 19.1 Å². The molecule has 1 amide bonds. The Hall–Kier alpha value is -1.92. The van der Waals surface area contributed by atoms with Gasteiger partial charge < -0.3 is 10.6 Å². The van der Waals surface area contributed by atoms with Gasteiger partial charge in [-0.2, -0.15) is 0 Å². The molecule has 1 unspecified atom stereocenters. The van der Waals surface area contributed by atoms with Crippen LogP contribution in [-0.2, 0) is 4.84 Å². The first-order valence-electron chi connectivity index (χ1n) is 5.44. The van der Waals surface area contributed by atoms with Crippen molar-refractivity contribution < 1.29 is 9.63 Å². The number of aryl methyl sites for hydroxylation is 1. The first kappa shape index (κ1) is 11.2. The zero-order chi connectivity index (χ0) is 12.7. The largest absolute Gasteiger partial charge is 0.416 e. The first-order chi connectivity index (χ1) is 8.68. The summed E-state index contributed by atoms with van der Waals surface area (Å²) < 4.78 is 0. The van der Waals surface area contributed by atoms with Crippen molar-refractivity contribution in [1.82, 2.24) is 10.5 Å². The lowest BCUT2D eigenvalue weighted by atomic mass is 10.0. The maximum absolute atomic E-state index is 11.4. The Balaban J connectivity index is 2.26. The zero-order valence-electron chi connectivity index (χ0n) is 9.64. The zero-order valence-corrected chi connectivity index (χ0v) is 10.5. The molecule has 6 heteroatoms. The van der Waals surface area contributed by atoms with Crippen molar-refractivity contribution >= 4 is 27.5 Å². The summed E-state index contributed by atoms with van der Waals surface area (Å²) in [6.07, 6.45) is 5.25. The number of primary amides is 1. The van der Waals surface area contributed by atoms with E-state index in [1.165, 1.54) is 11.3 Å². The van der Waals surface area contributed by atoms with E-state index < -0.39 is 5.91 Å². The molecule has 2 aromatic heterocycles. The number of hydrogen-bond donors (Lipinski definition) is 2. The molecule has 3 N–H and O–H groups in total. The quantitative estimate of drug-likeness (QED) is 0.864. The van der Waals surface area contributed by atoms with Crippen LogP contribution >= 0.6 is 11.3 Å². The minimum Gasteiger partial charge on any atom is -0.416 e. The van der Waals surface area contributed by atoms with Gasteiger partial charge in [0.15, 0.2) is 0 Å². The maximum Gasteiger partial charge on any atom is 0.259 e. The van der Waals surface area contributed by atoms with Gasteiger partial charge >= 0.3 is 0 Å². The van der Waals surface area contributed by atoms with Crippen molar-refractivity contribution in [2.24, 2.45) is 5.73 Å². The fraction of sp³-hybridized carbons (Fsp3) is 0.167. The predicted molar refractivity (Wildman–Crippen MR) is 69.0 cm³/mol. The predicted octanol–water partition coefficient (Wildman–Crippen LogP) is 1.79. The van der Waals surface area contributed by atoms with Crippen molar-refractivity contribution in [3.63, 3.8) is 0 Å². The summed E-state index contributed by atoms with van der Waals surface area (Å²) in [6, 6.07) is 1.90. The number of pyridine rings is 1. The van der Waals surface area contributed by atoms with Crippen molar-refractivity contribution in [3.8, 4) is 0 Å². The number of rotatable bonds is 2. The molecule has 1 aliphatic heterocycles. The summed E-state index contributed by atoms with van der Waals surface area (Å²) in [7, 11) is 0. The Morgan fingerprint density at radius 1 is 1.61 bits per heavy atom. The maximum atomic E-state index is 11.4. The fourth-order valence-electron chi connectivity index (χ4n) is 2.13. The second kappa shape index (κ2) is 4.08. The molecule has 0 aromatic carbocycles. The molecule has 3 heterocycles. The molecule has 3 rings (SSSR count). The first-order valence-corrected chi connectivity index (χ1v) is 6.26. The van der Waals surface area contributed by atoms with Crippen molar-refractivity contribution in [3.05, 3.63) is 40.6 Å². The van der Waals surface area contributed by atoms with E-state index in [1.54, 1.807) is 12.5 Å². The molecule has 92 valence electrons. The molecule has 0 saturated heterocycles. The highest BCUT2D eigenvalue weighted by molar-refractivity contribution is 7.20. The van der Waals surface area contributed by atoms with Gasteiger partial charge in [0.2, 0.25) is 0 Å². The Bertz CT molecular complexity index is 663. The van der Waals surface area contributed by atoms with E-state index in [9.17, 15) is 4.79 Å². The lowest BCUT2D eigenvalue weighted by molar-refractivity contribution is 0.100. The van der Waals surface area contributed by atoms with Crippen LogP contribution in [0.15, 0.2) is 24.6 Å². The van der Waals surface area contributed by atoms with Gasteiger partial charge in [-0.3, -0.25) is 4.79 Å². The highest BCUT2D eigenvalue weighted by Gasteiger charge is 2.21. The second-order valence-corrected chi connectivity index (χ2v) is 5.04. The van der Waals surface area contributed by atoms with Crippen LogP contribution in [0.4, 0.5) is 0 Å². The van der Waals surface area contributed by atoms with Gasteiger partial charge in [-0.25, -0.2) is 4.98 Å². The van der Waals surface area contributed by atoms with Crippen molar-refractivity contribution in [1.29, 1.82) is 0 Å². The Morgan fingerprint density at radius 2 is 2.44 bits per heavy atom. The molecule has 1 aliphatic rings. The van der Waals surface area contributed by atoms with Gasteiger partial charge in [-0.05, 0) is 30.2 Å². The monoisotopic (exact) mass is 261 g/mol. The van der Waals surface area contributed by atoms with E-state index >= 15 is 0 Å². The highest BCUT2D eigenvalue weighted by atomic mass is 32.1.